The van der Waals surface area contributed by atoms with Gasteiger partial charge in [0.05, 0.1) is 23.1 Å². The van der Waals surface area contributed by atoms with E-state index in [1.165, 1.54) is 29.6 Å². The lowest BCUT2D eigenvalue weighted by Crippen LogP contribution is -2.28. The van der Waals surface area contributed by atoms with E-state index in [2.05, 4.69) is 4.98 Å². The first-order chi connectivity index (χ1) is 12.4. The normalized spacial score (nSPS) is 11.8. The maximum absolute atomic E-state index is 13.0. The predicted molar refractivity (Wildman–Crippen MR) is 100 cm³/mol. The molecule has 0 aliphatic heterocycles. The number of halogens is 1. The minimum absolute atomic E-state index is 0.0604. The fourth-order valence-corrected chi connectivity index (χ4v) is 4.38. The molecule has 0 atom stereocenters. The summed E-state index contributed by atoms with van der Waals surface area (Å²) in [4.78, 5) is 4.45. The summed E-state index contributed by atoms with van der Waals surface area (Å²) >= 11 is 5.94. The molecule has 3 aromatic rings. The molecule has 0 bridgehead atoms. The third-order valence-corrected chi connectivity index (χ3v) is 6.24. The van der Waals surface area contributed by atoms with Crippen molar-refractivity contribution in [3.8, 4) is 6.07 Å². The van der Waals surface area contributed by atoms with Crippen LogP contribution in [0.1, 0.15) is 18.3 Å². The van der Waals surface area contributed by atoms with Crippen LogP contribution in [0.15, 0.2) is 47.4 Å². The fraction of sp³-hybridized carbons (Fsp3) is 0.222. The first kappa shape index (κ1) is 18.4. The van der Waals surface area contributed by atoms with Crippen LogP contribution < -0.4 is 0 Å². The van der Waals surface area contributed by atoms with Gasteiger partial charge in [-0.2, -0.15) is 9.57 Å². The Morgan fingerprint density at radius 2 is 2.00 bits per heavy atom. The predicted octanol–water partition coefficient (Wildman–Crippen LogP) is 3.40. The van der Waals surface area contributed by atoms with Crippen molar-refractivity contribution >= 4 is 32.7 Å². The van der Waals surface area contributed by atoms with Crippen molar-refractivity contribution in [3.63, 3.8) is 0 Å². The van der Waals surface area contributed by atoms with Gasteiger partial charge in [0.2, 0.25) is 10.0 Å². The summed E-state index contributed by atoms with van der Waals surface area (Å²) in [6, 6.07) is 13.8. The Morgan fingerprint density at radius 3 is 2.69 bits per heavy atom. The van der Waals surface area contributed by atoms with Crippen LogP contribution in [0.25, 0.3) is 11.0 Å². The molecule has 3 rings (SSSR count). The highest BCUT2D eigenvalue weighted by molar-refractivity contribution is 7.89. The van der Waals surface area contributed by atoms with Crippen LogP contribution in [0.5, 0.6) is 0 Å². The van der Waals surface area contributed by atoms with Crippen molar-refractivity contribution in [2.75, 3.05) is 7.05 Å². The average molecular weight is 389 g/mol. The quantitative estimate of drug-likeness (QED) is 0.671. The van der Waals surface area contributed by atoms with Crippen molar-refractivity contribution in [2.24, 2.45) is 0 Å². The number of aryl methyl sites for hydroxylation is 1. The van der Waals surface area contributed by atoms with E-state index >= 15 is 0 Å². The molecule has 8 heteroatoms. The van der Waals surface area contributed by atoms with Crippen molar-refractivity contribution < 1.29 is 8.42 Å². The van der Waals surface area contributed by atoms with Gasteiger partial charge >= 0.3 is 0 Å². The molecule has 0 unspecified atom stereocenters. The van der Waals surface area contributed by atoms with Crippen LogP contribution in [0.4, 0.5) is 0 Å². The first-order valence-electron chi connectivity index (χ1n) is 7.98. The number of fused-ring (bicyclic) bond motifs is 1. The van der Waals surface area contributed by atoms with Crippen LogP contribution >= 0.6 is 11.6 Å². The molecule has 0 N–H and O–H groups in total. The zero-order valence-corrected chi connectivity index (χ0v) is 15.9. The van der Waals surface area contributed by atoms with Gasteiger partial charge in [-0.1, -0.05) is 23.7 Å². The second-order valence-electron chi connectivity index (χ2n) is 5.77. The van der Waals surface area contributed by atoms with E-state index in [4.69, 9.17) is 11.6 Å². The smallest absolute Gasteiger partial charge is 0.244 e. The summed E-state index contributed by atoms with van der Waals surface area (Å²) < 4.78 is 29.1. The third-order valence-electron chi connectivity index (χ3n) is 4.17. The fourth-order valence-electron chi connectivity index (χ4n) is 2.85. The van der Waals surface area contributed by atoms with Gasteiger partial charge in [-0.3, -0.25) is 0 Å². The Bertz CT molecular complexity index is 1120. The number of nitriles is 1. The van der Waals surface area contributed by atoms with Gasteiger partial charge in [-0.25, -0.2) is 13.4 Å². The molecule has 0 saturated heterocycles. The molecule has 0 radical (unpaired) electrons. The van der Waals surface area contributed by atoms with E-state index in [-0.39, 0.29) is 22.0 Å². The third kappa shape index (κ3) is 3.19. The summed E-state index contributed by atoms with van der Waals surface area (Å²) in [7, 11) is -2.42. The Kier molecular flexibility index (Phi) is 5.01. The largest absolute Gasteiger partial charge is 0.327 e. The number of rotatable bonds is 5. The van der Waals surface area contributed by atoms with Crippen molar-refractivity contribution in [2.45, 2.75) is 24.9 Å². The molecule has 6 nitrogen and oxygen atoms in total. The molecule has 1 heterocycles. The Balaban J connectivity index is 2.02. The Labute approximate surface area is 157 Å². The van der Waals surface area contributed by atoms with Crippen LogP contribution in [-0.4, -0.2) is 29.3 Å². The molecule has 1 aromatic heterocycles. The van der Waals surface area contributed by atoms with Crippen LogP contribution in [0.3, 0.4) is 0 Å². The van der Waals surface area contributed by atoms with Crippen LogP contribution in [0, 0.1) is 11.3 Å². The number of imidazole rings is 1. The molecule has 0 spiro atoms. The first-order valence-corrected chi connectivity index (χ1v) is 9.80. The summed E-state index contributed by atoms with van der Waals surface area (Å²) in [5.74, 6) is 0.639. The van der Waals surface area contributed by atoms with Crippen molar-refractivity contribution in [1.82, 2.24) is 13.9 Å². The van der Waals surface area contributed by atoms with Crippen molar-refractivity contribution in [1.29, 1.82) is 5.26 Å². The van der Waals surface area contributed by atoms with Gasteiger partial charge in [0.15, 0.2) is 0 Å². The van der Waals surface area contributed by atoms with Gasteiger partial charge in [-0.05, 0) is 37.3 Å². The standard InChI is InChI=1S/C18H17ClN4O2S/c1-3-23-16-7-5-4-6-15(16)21-18(23)12-22(2)26(24,25)17-10-14(19)9-8-13(17)11-20/h4-10H,3,12H2,1-2H3. The average Bonchev–Trinajstić information content (AvgIpc) is 2.98. The van der Waals surface area contributed by atoms with E-state index in [1.54, 1.807) is 0 Å². The molecule has 0 saturated carbocycles. The second kappa shape index (κ2) is 7.08. The molecular weight excluding hydrogens is 372 g/mol. The highest BCUT2D eigenvalue weighted by Gasteiger charge is 2.26. The molecule has 0 amide bonds. The van der Waals surface area contributed by atoms with E-state index in [0.29, 0.717) is 12.4 Å². The lowest BCUT2D eigenvalue weighted by atomic mass is 10.2. The minimum Gasteiger partial charge on any atom is -0.327 e. The topological polar surface area (TPSA) is 79.0 Å². The maximum Gasteiger partial charge on any atom is 0.244 e. The van der Waals surface area contributed by atoms with Gasteiger partial charge in [0.1, 0.15) is 16.8 Å². The molecule has 2 aromatic carbocycles. The number of benzene rings is 2. The molecule has 134 valence electrons. The molecule has 0 aliphatic rings. The maximum atomic E-state index is 13.0. The highest BCUT2D eigenvalue weighted by Crippen LogP contribution is 2.25. The van der Waals surface area contributed by atoms with Gasteiger partial charge in [0, 0.05) is 18.6 Å². The van der Waals surface area contributed by atoms with Crippen LogP contribution in [-0.2, 0) is 23.1 Å². The Hall–Kier alpha value is -2.40. The van der Waals surface area contributed by atoms with Crippen molar-refractivity contribution in [3.05, 3.63) is 58.9 Å². The lowest BCUT2D eigenvalue weighted by molar-refractivity contribution is 0.448. The molecule has 0 fully saturated rings. The summed E-state index contributed by atoms with van der Waals surface area (Å²) in [5, 5.41) is 9.49. The summed E-state index contributed by atoms with van der Waals surface area (Å²) in [6.07, 6.45) is 0. The van der Waals surface area contributed by atoms with Crippen LogP contribution in [0.2, 0.25) is 5.02 Å². The minimum atomic E-state index is -3.89. The zero-order valence-electron chi connectivity index (χ0n) is 14.3. The second-order valence-corrected chi connectivity index (χ2v) is 8.22. The zero-order chi connectivity index (χ0) is 18.9. The summed E-state index contributed by atoms with van der Waals surface area (Å²) in [5.41, 5.74) is 1.83. The molecule has 0 aliphatic carbocycles. The number of hydrogen-bond acceptors (Lipinski definition) is 4. The molecule has 26 heavy (non-hydrogen) atoms. The van der Waals surface area contributed by atoms with Gasteiger partial charge in [0.25, 0.3) is 0 Å². The monoisotopic (exact) mass is 388 g/mol. The number of nitrogens with zero attached hydrogens (tertiary/aromatic N) is 4. The summed E-state index contributed by atoms with van der Waals surface area (Å²) in [6.45, 7) is 2.74. The van der Waals surface area contributed by atoms with Gasteiger partial charge < -0.3 is 4.57 Å². The molecular formula is C18H17ClN4O2S. The van der Waals surface area contributed by atoms with E-state index in [0.717, 1.165) is 11.0 Å². The Morgan fingerprint density at radius 1 is 1.27 bits per heavy atom. The number of aromatic nitrogens is 2. The lowest BCUT2D eigenvalue weighted by Gasteiger charge is -2.18. The van der Waals surface area contributed by atoms with Gasteiger partial charge in [-0.15, -0.1) is 0 Å². The number of sulfonamides is 1. The van der Waals surface area contributed by atoms with E-state index in [9.17, 15) is 13.7 Å². The van der Waals surface area contributed by atoms with E-state index in [1.807, 2.05) is 41.8 Å². The number of para-hydroxylation sites is 2. The number of hydrogen-bond donors (Lipinski definition) is 0. The SMILES string of the molecule is CCn1c(CN(C)S(=O)(=O)c2cc(Cl)ccc2C#N)nc2ccccc21. The van der Waals surface area contributed by atoms with E-state index < -0.39 is 10.0 Å². The highest BCUT2D eigenvalue weighted by atomic mass is 35.5.